The van der Waals surface area contributed by atoms with Crippen molar-refractivity contribution in [3.05, 3.63) is 33.8 Å². The lowest BCUT2D eigenvalue weighted by atomic mass is 9.82. The van der Waals surface area contributed by atoms with Crippen LogP contribution in [0.1, 0.15) is 29.8 Å². The van der Waals surface area contributed by atoms with E-state index in [1.54, 1.807) is 4.90 Å². The largest absolute Gasteiger partial charge is 0.386 e. The summed E-state index contributed by atoms with van der Waals surface area (Å²) < 4.78 is 0.899. The highest BCUT2D eigenvalue weighted by Gasteiger charge is 2.46. The number of aliphatic hydroxyl groups is 1. The van der Waals surface area contributed by atoms with E-state index in [0.29, 0.717) is 18.7 Å². The van der Waals surface area contributed by atoms with Crippen LogP contribution in [0.3, 0.4) is 0 Å². The lowest BCUT2D eigenvalue weighted by molar-refractivity contribution is -0.110. The molecule has 98 valence electrons. The maximum Gasteiger partial charge on any atom is 0.254 e. The van der Waals surface area contributed by atoms with Gasteiger partial charge in [-0.25, -0.2) is 0 Å². The Balaban J connectivity index is 2.13. The molecule has 0 unspecified atom stereocenters. The fourth-order valence-corrected chi connectivity index (χ4v) is 2.48. The first-order valence-electron chi connectivity index (χ1n) is 6.11. The third-order valence-corrected chi connectivity index (χ3v) is 4.21. The van der Waals surface area contributed by atoms with E-state index >= 15 is 0 Å². The van der Waals surface area contributed by atoms with Gasteiger partial charge in [-0.05, 0) is 30.5 Å². The van der Waals surface area contributed by atoms with Crippen LogP contribution < -0.4 is 0 Å². The van der Waals surface area contributed by atoms with Gasteiger partial charge in [-0.15, -0.1) is 0 Å². The average molecular weight is 312 g/mol. The quantitative estimate of drug-likeness (QED) is 0.912. The standard InChI is InChI=1S/C14H18BrNO2/c1-9(2)14(18)7-16(8-14)13(17)12-6-11(15)5-4-10(12)3/h4-6,9,18H,7-8H2,1-3H3. The van der Waals surface area contributed by atoms with Crippen LogP contribution in [0.2, 0.25) is 0 Å². The predicted octanol–water partition coefficient (Wildman–Crippen LogP) is 2.60. The van der Waals surface area contributed by atoms with Crippen molar-refractivity contribution in [1.82, 2.24) is 4.90 Å². The number of hydrogen-bond donors (Lipinski definition) is 1. The first kappa shape index (κ1) is 13.6. The van der Waals surface area contributed by atoms with Crippen LogP contribution in [0.25, 0.3) is 0 Å². The van der Waals surface area contributed by atoms with Crippen molar-refractivity contribution in [2.45, 2.75) is 26.4 Å². The number of carbonyl (C=O) groups excluding carboxylic acids is 1. The van der Waals surface area contributed by atoms with Crippen molar-refractivity contribution in [3.63, 3.8) is 0 Å². The van der Waals surface area contributed by atoms with Gasteiger partial charge in [0.25, 0.3) is 5.91 Å². The van der Waals surface area contributed by atoms with Crippen LogP contribution in [-0.4, -0.2) is 34.6 Å². The molecule has 0 aromatic heterocycles. The van der Waals surface area contributed by atoms with Crippen LogP contribution in [0.15, 0.2) is 22.7 Å². The molecule has 18 heavy (non-hydrogen) atoms. The number of likely N-dealkylation sites (tertiary alicyclic amines) is 1. The molecule has 4 heteroatoms. The van der Waals surface area contributed by atoms with Gasteiger partial charge in [0, 0.05) is 10.0 Å². The topological polar surface area (TPSA) is 40.5 Å². The monoisotopic (exact) mass is 311 g/mol. The van der Waals surface area contributed by atoms with Gasteiger partial charge in [-0.2, -0.15) is 0 Å². The Morgan fingerprint density at radius 2 is 2.06 bits per heavy atom. The molecule has 0 radical (unpaired) electrons. The maximum atomic E-state index is 12.3. The van der Waals surface area contributed by atoms with Gasteiger partial charge in [0.2, 0.25) is 0 Å². The minimum atomic E-state index is -0.713. The van der Waals surface area contributed by atoms with E-state index in [1.807, 2.05) is 39.0 Å². The Hall–Kier alpha value is -0.870. The molecule has 1 saturated heterocycles. The lowest BCUT2D eigenvalue weighted by Crippen LogP contribution is -2.66. The second kappa shape index (κ2) is 4.67. The zero-order chi connectivity index (χ0) is 13.5. The zero-order valence-electron chi connectivity index (χ0n) is 10.9. The number of nitrogens with zero attached hydrogens (tertiary/aromatic N) is 1. The normalized spacial score (nSPS) is 17.8. The van der Waals surface area contributed by atoms with Crippen molar-refractivity contribution in [3.8, 4) is 0 Å². The number of halogens is 1. The first-order chi connectivity index (χ1) is 8.33. The molecule has 0 bridgehead atoms. The Morgan fingerprint density at radius 1 is 1.44 bits per heavy atom. The summed E-state index contributed by atoms with van der Waals surface area (Å²) in [6.07, 6.45) is 0. The number of hydrogen-bond acceptors (Lipinski definition) is 2. The van der Waals surface area contributed by atoms with E-state index in [-0.39, 0.29) is 11.8 Å². The molecule has 1 aliphatic heterocycles. The van der Waals surface area contributed by atoms with Gasteiger partial charge in [-0.1, -0.05) is 35.8 Å². The minimum Gasteiger partial charge on any atom is -0.386 e. The van der Waals surface area contributed by atoms with E-state index in [1.165, 1.54) is 0 Å². The second-order valence-electron chi connectivity index (χ2n) is 5.38. The highest BCUT2D eigenvalue weighted by molar-refractivity contribution is 9.10. The summed E-state index contributed by atoms with van der Waals surface area (Å²) in [6.45, 7) is 6.73. The minimum absolute atomic E-state index is 0.000810. The van der Waals surface area contributed by atoms with Gasteiger partial charge in [0.05, 0.1) is 13.1 Å². The summed E-state index contributed by atoms with van der Waals surface area (Å²) in [6, 6.07) is 5.68. The van der Waals surface area contributed by atoms with Crippen molar-refractivity contribution in [2.75, 3.05) is 13.1 Å². The third kappa shape index (κ3) is 2.31. The molecular weight excluding hydrogens is 294 g/mol. The molecule has 1 heterocycles. The van der Waals surface area contributed by atoms with E-state index in [9.17, 15) is 9.90 Å². The van der Waals surface area contributed by atoms with Gasteiger partial charge < -0.3 is 10.0 Å². The molecule has 0 atom stereocenters. The number of rotatable bonds is 2. The van der Waals surface area contributed by atoms with Crippen LogP contribution in [0, 0.1) is 12.8 Å². The molecule has 0 spiro atoms. The zero-order valence-corrected chi connectivity index (χ0v) is 12.5. The average Bonchev–Trinajstić information content (AvgIpc) is 2.27. The van der Waals surface area contributed by atoms with Gasteiger partial charge in [0.15, 0.2) is 0 Å². The summed E-state index contributed by atoms with van der Waals surface area (Å²) in [5.41, 5.74) is 0.952. The van der Waals surface area contributed by atoms with Gasteiger partial charge in [0.1, 0.15) is 5.60 Å². The molecule has 1 fully saturated rings. The molecule has 2 rings (SSSR count). The van der Waals surface area contributed by atoms with Gasteiger partial charge >= 0.3 is 0 Å². The summed E-state index contributed by atoms with van der Waals surface area (Å²) in [4.78, 5) is 14.0. The summed E-state index contributed by atoms with van der Waals surface area (Å²) in [5, 5.41) is 10.2. The van der Waals surface area contributed by atoms with Crippen molar-refractivity contribution in [1.29, 1.82) is 0 Å². The summed E-state index contributed by atoms with van der Waals surface area (Å²) in [7, 11) is 0. The van der Waals surface area contributed by atoms with Crippen molar-refractivity contribution < 1.29 is 9.90 Å². The lowest BCUT2D eigenvalue weighted by Gasteiger charge is -2.49. The molecule has 1 N–H and O–H groups in total. The van der Waals surface area contributed by atoms with E-state index in [2.05, 4.69) is 15.9 Å². The summed E-state index contributed by atoms with van der Waals surface area (Å²) in [5.74, 6) is 0.171. The molecule has 0 saturated carbocycles. The number of β-amino-alcohol motifs (C(OH)–C–C–N with tert-alkyl or cyclic N) is 1. The van der Waals surface area contributed by atoms with E-state index in [0.717, 1.165) is 10.0 Å². The van der Waals surface area contributed by atoms with Crippen LogP contribution in [-0.2, 0) is 0 Å². The number of amides is 1. The maximum absolute atomic E-state index is 12.3. The van der Waals surface area contributed by atoms with Crippen LogP contribution >= 0.6 is 15.9 Å². The number of aryl methyl sites for hydroxylation is 1. The van der Waals surface area contributed by atoms with Crippen molar-refractivity contribution in [2.24, 2.45) is 5.92 Å². The number of carbonyl (C=O) groups is 1. The molecule has 0 aliphatic carbocycles. The molecule has 3 nitrogen and oxygen atoms in total. The molecule has 1 aromatic carbocycles. The fraction of sp³-hybridized carbons (Fsp3) is 0.500. The fourth-order valence-electron chi connectivity index (χ4n) is 2.12. The smallest absolute Gasteiger partial charge is 0.254 e. The molecule has 1 aliphatic rings. The Bertz CT molecular complexity index is 479. The van der Waals surface area contributed by atoms with Crippen molar-refractivity contribution >= 4 is 21.8 Å². The van der Waals surface area contributed by atoms with Gasteiger partial charge in [-0.3, -0.25) is 4.79 Å². The van der Waals surface area contributed by atoms with Crippen LogP contribution in [0.5, 0.6) is 0 Å². The Labute approximate surface area is 116 Å². The SMILES string of the molecule is Cc1ccc(Br)cc1C(=O)N1CC(O)(C(C)C)C1. The molecule has 1 amide bonds. The van der Waals surface area contributed by atoms with E-state index < -0.39 is 5.60 Å². The van der Waals surface area contributed by atoms with Crippen LogP contribution in [0.4, 0.5) is 0 Å². The second-order valence-corrected chi connectivity index (χ2v) is 6.29. The highest BCUT2D eigenvalue weighted by atomic mass is 79.9. The highest BCUT2D eigenvalue weighted by Crippen LogP contribution is 2.30. The predicted molar refractivity (Wildman–Crippen MR) is 74.6 cm³/mol. The molecular formula is C14H18BrNO2. The Morgan fingerprint density at radius 3 is 2.61 bits per heavy atom. The molecule has 1 aromatic rings. The first-order valence-corrected chi connectivity index (χ1v) is 6.90. The van der Waals surface area contributed by atoms with E-state index in [4.69, 9.17) is 0 Å². The Kier molecular flexibility index (Phi) is 3.52. The summed E-state index contributed by atoms with van der Waals surface area (Å²) >= 11 is 3.38. The third-order valence-electron chi connectivity index (χ3n) is 3.72. The number of benzene rings is 1.